The molecule has 0 aromatic carbocycles. The molecule has 1 aliphatic heterocycles. The van der Waals surface area contributed by atoms with Gasteiger partial charge >= 0.3 is 0 Å². The van der Waals surface area contributed by atoms with Crippen molar-refractivity contribution in [2.24, 2.45) is 0 Å². The summed E-state index contributed by atoms with van der Waals surface area (Å²) < 4.78 is 0. The monoisotopic (exact) mass is 222 g/mol. The zero-order chi connectivity index (χ0) is 8.67. The van der Waals surface area contributed by atoms with E-state index in [-0.39, 0.29) is 0 Å². The molecule has 0 aromatic rings. The van der Waals surface area contributed by atoms with Crippen LogP contribution < -0.4 is 0 Å². The van der Waals surface area contributed by atoms with Gasteiger partial charge in [-0.2, -0.15) is 0 Å². The largest absolute Gasteiger partial charge is 0.0622 e. The number of hydrogen-bond donors (Lipinski definition) is 0. The molecule has 0 unspecified atom stereocenters. The van der Waals surface area contributed by atoms with Crippen LogP contribution in [0.15, 0.2) is 46.2 Å². The zero-order valence-corrected chi connectivity index (χ0v) is 9.14. The molecular weight excluding hydrogens is 216 g/mol. The summed E-state index contributed by atoms with van der Waals surface area (Å²) in [5.74, 6) is 0. The average Bonchev–Trinajstić information content (AvgIpc) is 2.61. The van der Waals surface area contributed by atoms with Crippen molar-refractivity contribution in [3.63, 3.8) is 0 Å². The van der Waals surface area contributed by atoms with Crippen molar-refractivity contribution in [2.45, 2.75) is 9.79 Å². The van der Waals surface area contributed by atoms with Gasteiger partial charge in [0, 0.05) is 9.79 Å². The third-order valence-electron chi connectivity index (χ3n) is 2.07. The summed E-state index contributed by atoms with van der Waals surface area (Å²) in [5, 5.41) is 0. The molecule has 0 fully saturated rings. The Hall–Kier alpha value is -0.250. The van der Waals surface area contributed by atoms with E-state index in [1.807, 2.05) is 31.4 Å². The minimum Gasteiger partial charge on any atom is -0.0622 e. The van der Waals surface area contributed by atoms with Crippen LogP contribution in [0.3, 0.4) is 0 Å². The molecule has 0 atom stereocenters. The fourth-order valence-corrected chi connectivity index (χ4v) is 6.03. The van der Waals surface area contributed by atoms with E-state index in [2.05, 4.69) is 36.4 Å². The second-order valence-electron chi connectivity index (χ2n) is 2.85. The highest BCUT2D eigenvalue weighted by molar-refractivity contribution is 9.10. The van der Waals surface area contributed by atoms with Gasteiger partial charge < -0.3 is 0 Å². The van der Waals surface area contributed by atoms with E-state index in [1.165, 1.54) is 20.9 Å². The van der Waals surface area contributed by atoms with Gasteiger partial charge in [0.05, 0.1) is 0 Å². The van der Waals surface area contributed by atoms with E-state index in [4.69, 9.17) is 0 Å². The summed E-state index contributed by atoms with van der Waals surface area (Å²) in [6, 6.07) is 12.9. The molecule has 0 saturated heterocycles. The highest BCUT2D eigenvalue weighted by Crippen LogP contribution is 2.60. The number of hydrogen-bond acceptors (Lipinski definition) is 3. The average molecular weight is 222 g/mol. The Morgan fingerprint density at radius 3 is 2.85 bits per heavy atom. The first-order valence-electron chi connectivity index (χ1n) is 3.98. The number of rotatable bonds is 0. The first kappa shape index (κ1) is 8.09. The van der Waals surface area contributed by atoms with Crippen molar-refractivity contribution in [1.82, 2.24) is 0 Å². The summed E-state index contributed by atoms with van der Waals surface area (Å²) >= 11 is 0. The van der Waals surface area contributed by atoms with Crippen LogP contribution in [0.25, 0.3) is 11.1 Å². The molecule has 0 N–H and O–H groups in total. The van der Waals surface area contributed by atoms with Gasteiger partial charge in [0.2, 0.25) is 0 Å². The van der Waals surface area contributed by atoms with Gasteiger partial charge in [-0.25, -0.2) is 0 Å². The highest BCUT2D eigenvalue weighted by atomic mass is 33.5. The molecule has 0 spiro atoms. The van der Waals surface area contributed by atoms with Gasteiger partial charge in [0.25, 0.3) is 0 Å². The van der Waals surface area contributed by atoms with Crippen molar-refractivity contribution in [2.75, 3.05) is 0 Å². The maximum atomic E-state index is 2.28. The predicted octanol–water partition coefficient (Wildman–Crippen LogP) is 4.55. The molecule has 3 heteroatoms. The SMILES string of the molecule is c1ccc2cc3c(c-2cc1)SSS3. The lowest BCUT2D eigenvalue weighted by Gasteiger charge is -1.93. The van der Waals surface area contributed by atoms with Crippen LogP contribution in [-0.2, 0) is 0 Å². The Labute approximate surface area is 88.6 Å². The van der Waals surface area contributed by atoms with E-state index < -0.39 is 0 Å². The summed E-state index contributed by atoms with van der Waals surface area (Å²) in [6.45, 7) is 0. The normalized spacial score (nSPS) is 14.8. The Morgan fingerprint density at radius 1 is 0.923 bits per heavy atom. The molecule has 0 amide bonds. The smallest absolute Gasteiger partial charge is 0.0414 e. The van der Waals surface area contributed by atoms with Crippen LogP contribution in [-0.4, -0.2) is 0 Å². The van der Waals surface area contributed by atoms with E-state index >= 15 is 0 Å². The molecule has 3 aliphatic rings. The fraction of sp³-hybridized carbons (Fsp3) is 0. The van der Waals surface area contributed by atoms with E-state index in [1.54, 1.807) is 0 Å². The van der Waals surface area contributed by atoms with Crippen molar-refractivity contribution >= 4 is 31.4 Å². The third-order valence-corrected chi connectivity index (χ3v) is 6.11. The molecule has 3 rings (SSSR count). The van der Waals surface area contributed by atoms with Gasteiger partial charge in [-0.3, -0.25) is 0 Å². The van der Waals surface area contributed by atoms with Crippen LogP contribution in [0.4, 0.5) is 0 Å². The van der Waals surface area contributed by atoms with Gasteiger partial charge in [-0.15, -0.1) is 0 Å². The lowest BCUT2D eigenvalue weighted by atomic mass is 10.2. The van der Waals surface area contributed by atoms with Gasteiger partial charge in [0.15, 0.2) is 0 Å². The molecule has 0 aromatic heterocycles. The number of fused-ring (bicyclic) bond motifs is 3. The van der Waals surface area contributed by atoms with Gasteiger partial charge in [-0.1, -0.05) is 30.3 Å². The van der Waals surface area contributed by atoms with Crippen LogP contribution in [0.5, 0.6) is 0 Å². The zero-order valence-electron chi connectivity index (χ0n) is 6.69. The maximum Gasteiger partial charge on any atom is 0.0414 e. The van der Waals surface area contributed by atoms with Crippen LogP contribution in [0, 0.1) is 0 Å². The first-order chi connectivity index (χ1) is 6.45. The molecule has 0 saturated carbocycles. The Balaban J connectivity index is 2.34. The molecule has 0 bridgehead atoms. The molecule has 64 valence electrons. The Morgan fingerprint density at radius 2 is 1.85 bits per heavy atom. The maximum absolute atomic E-state index is 2.28. The van der Waals surface area contributed by atoms with E-state index in [9.17, 15) is 0 Å². The Kier molecular flexibility index (Phi) is 1.96. The lowest BCUT2D eigenvalue weighted by Crippen LogP contribution is -1.65. The van der Waals surface area contributed by atoms with Crippen molar-refractivity contribution in [3.8, 4) is 11.1 Å². The van der Waals surface area contributed by atoms with Gasteiger partial charge in [-0.05, 0) is 48.6 Å². The van der Waals surface area contributed by atoms with Crippen LogP contribution in [0.2, 0.25) is 0 Å². The molecule has 1 heterocycles. The summed E-state index contributed by atoms with van der Waals surface area (Å²) in [4.78, 5) is 2.87. The fourth-order valence-electron chi connectivity index (χ4n) is 1.47. The van der Waals surface area contributed by atoms with Crippen LogP contribution >= 0.6 is 31.4 Å². The molecule has 13 heavy (non-hydrogen) atoms. The summed E-state index contributed by atoms with van der Waals surface area (Å²) in [6.07, 6.45) is 0. The molecule has 0 nitrogen and oxygen atoms in total. The summed E-state index contributed by atoms with van der Waals surface area (Å²) in [7, 11) is 5.60. The second-order valence-corrected chi connectivity index (χ2v) is 6.80. The minimum atomic E-state index is 1.36. The van der Waals surface area contributed by atoms with Crippen molar-refractivity contribution < 1.29 is 0 Å². The van der Waals surface area contributed by atoms with E-state index in [0.717, 1.165) is 0 Å². The van der Waals surface area contributed by atoms with Crippen molar-refractivity contribution in [1.29, 1.82) is 0 Å². The third kappa shape index (κ3) is 1.26. The van der Waals surface area contributed by atoms with Crippen molar-refractivity contribution in [3.05, 3.63) is 36.4 Å². The topological polar surface area (TPSA) is 0 Å². The highest BCUT2D eigenvalue weighted by Gasteiger charge is 2.21. The minimum absolute atomic E-state index is 1.36. The molecule has 0 radical (unpaired) electrons. The van der Waals surface area contributed by atoms with Crippen LogP contribution in [0.1, 0.15) is 0 Å². The standard InChI is InChI=1S/C10H6S3/c1-2-4-7-6-9-10(12-13-11-9)8(7)5-3-1/h1-6H. The molecule has 2 aliphatic carbocycles. The second kappa shape index (κ2) is 3.15. The van der Waals surface area contributed by atoms with Gasteiger partial charge in [0.1, 0.15) is 0 Å². The lowest BCUT2D eigenvalue weighted by molar-refractivity contribution is 1.37. The quantitative estimate of drug-likeness (QED) is 0.600. The molecular formula is C10H6S3. The summed E-state index contributed by atoms with van der Waals surface area (Å²) in [5.41, 5.74) is 2.75. The first-order valence-corrected chi connectivity index (χ1v) is 7.46. The van der Waals surface area contributed by atoms with E-state index in [0.29, 0.717) is 0 Å². The Bertz CT molecular complexity index is 425. The predicted molar refractivity (Wildman–Crippen MR) is 62.4 cm³/mol.